The molecule has 1 amide bonds. The lowest BCUT2D eigenvalue weighted by Gasteiger charge is -2.36. The van der Waals surface area contributed by atoms with Crippen molar-refractivity contribution < 1.29 is 9.21 Å². The summed E-state index contributed by atoms with van der Waals surface area (Å²) in [6.07, 6.45) is 2.49. The highest BCUT2D eigenvalue weighted by Crippen LogP contribution is 2.22. The number of nitrogens with zero attached hydrogens (tertiary/aromatic N) is 3. The van der Waals surface area contributed by atoms with Crippen LogP contribution in [-0.2, 0) is 6.42 Å². The zero-order valence-corrected chi connectivity index (χ0v) is 19.2. The number of halogens is 2. The van der Waals surface area contributed by atoms with Crippen molar-refractivity contribution in [3.05, 3.63) is 45.0 Å². The van der Waals surface area contributed by atoms with E-state index >= 15 is 0 Å². The van der Waals surface area contributed by atoms with E-state index in [1.165, 1.54) is 11.1 Å². The molecule has 3 rings (SSSR count). The highest BCUT2D eigenvalue weighted by molar-refractivity contribution is 14.0. The maximum atomic E-state index is 12.3. The van der Waals surface area contributed by atoms with E-state index in [0.717, 1.165) is 35.8 Å². The van der Waals surface area contributed by atoms with Gasteiger partial charge in [-0.2, -0.15) is 0 Å². The largest absolute Gasteiger partial charge is 0.459 e. The van der Waals surface area contributed by atoms with Gasteiger partial charge in [-0.05, 0) is 46.6 Å². The van der Waals surface area contributed by atoms with Crippen LogP contribution in [0.5, 0.6) is 0 Å². The lowest BCUT2D eigenvalue weighted by atomic mass is 10.3. The fourth-order valence-corrected chi connectivity index (χ4v) is 4.28. The summed E-state index contributed by atoms with van der Waals surface area (Å²) < 4.78 is 6.35. The Labute approximate surface area is 182 Å². The highest BCUT2D eigenvalue weighted by atomic mass is 127. The number of carbonyl (C=O) groups excluding carboxylic acids is 1. The number of guanidine groups is 1. The van der Waals surface area contributed by atoms with Crippen molar-refractivity contribution in [2.24, 2.45) is 4.99 Å². The number of carbonyl (C=O) groups is 1. The SMILES string of the molecule is CN=C(NCCc1ccc(Br)s1)N1CCN(C(=O)c2ccco2)CC1.I. The van der Waals surface area contributed by atoms with Gasteiger partial charge in [0.15, 0.2) is 11.7 Å². The van der Waals surface area contributed by atoms with Crippen molar-refractivity contribution in [3.63, 3.8) is 0 Å². The monoisotopic (exact) mass is 552 g/mol. The molecule has 1 saturated heterocycles. The molecule has 3 heterocycles. The van der Waals surface area contributed by atoms with Gasteiger partial charge in [0.2, 0.25) is 0 Å². The van der Waals surface area contributed by atoms with Gasteiger partial charge in [-0.1, -0.05) is 0 Å². The zero-order chi connectivity index (χ0) is 17.6. The van der Waals surface area contributed by atoms with E-state index in [0.29, 0.717) is 18.8 Å². The molecule has 1 fully saturated rings. The number of nitrogens with one attached hydrogen (secondary N) is 1. The normalized spacial score (nSPS) is 14.9. The highest BCUT2D eigenvalue weighted by Gasteiger charge is 2.25. The van der Waals surface area contributed by atoms with Crippen LogP contribution in [0.15, 0.2) is 43.7 Å². The summed E-state index contributed by atoms with van der Waals surface area (Å²) in [4.78, 5) is 22.0. The molecule has 26 heavy (non-hydrogen) atoms. The van der Waals surface area contributed by atoms with Gasteiger partial charge in [-0.3, -0.25) is 9.79 Å². The molecule has 0 aromatic carbocycles. The molecular weight excluding hydrogens is 531 g/mol. The van der Waals surface area contributed by atoms with Gasteiger partial charge in [0, 0.05) is 44.6 Å². The van der Waals surface area contributed by atoms with Crippen LogP contribution >= 0.6 is 51.2 Å². The van der Waals surface area contributed by atoms with Gasteiger partial charge >= 0.3 is 0 Å². The number of hydrogen-bond donors (Lipinski definition) is 1. The van der Waals surface area contributed by atoms with Crippen LogP contribution in [0.1, 0.15) is 15.4 Å². The molecule has 0 saturated carbocycles. The topological polar surface area (TPSA) is 61.1 Å². The molecule has 142 valence electrons. The first kappa shape index (κ1) is 21.2. The summed E-state index contributed by atoms with van der Waals surface area (Å²) in [5.41, 5.74) is 0. The molecular formula is C17H22BrIN4O2S. The van der Waals surface area contributed by atoms with Crippen molar-refractivity contribution in [1.29, 1.82) is 0 Å². The Kier molecular flexibility index (Phi) is 8.42. The third-order valence-electron chi connectivity index (χ3n) is 4.09. The van der Waals surface area contributed by atoms with Crippen LogP contribution in [0.2, 0.25) is 0 Å². The predicted octanol–water partition coefficient (Wildman–Crippen LogP) is 3.30. The second kappa shape index (κ2) is 10.3. The van der Waals surface area contributed by atoms with Gasteiger partial charge in [0.25, 0.3) is 5.91 Å². The van der Waals surface area contributed by atoms with Gasteiger partial charge in [0.05, 0.1) is 10.0 Å². The molecule has 0 spiro atoms. The van der Waals surface area contributed by atoms with Crippen LogP contribution in [0, 0.1) is 0 Å². The third kappa shape index (κ3) is 5.46. The number of amides is 1. The van der Waals surface area contributed by atoms with Gasteiger partial charge < -0.3 is 19.5 Å². The molecule has 0 atom stereocenters. The Hall–Kier alpha value is -1.07. The predicted molar refractivity (Wildman–Crippen MR) is 119 cm³/mol. The summed E-state index contributed by atoms with van der Waals surface area (Å²) >= 11 is 5.24. The Bertz CT molecular complexity index is 727. The van der Waals surface area contributed by atoms with Crippen LogP contribution in [0.4, 0.5) is 0 Å². The molecule has 0 aliphatic carbocycles. The summed E-state index contributed by atoms with van der Waals surface area (Å²) in [6, 6.07) is 7.65. The van der Waals surface area contributed by atoms with E-state index in [9.17, 15) is 4.79 Å². The number of hydrogen-bond acceptors (Lipinski definition) is 4. The fraction of sp³-hybridized carbons (Fsp3) is 0.412. The summed E-state index contributed by atoms with van der Waals surface area (Å²) in [5, 5.41) is 3.41. The van der Waals surface area contributed by atoms with Gasteiger partial charge in [-0.25, -0.2) is 0 Å². The first-order valence-electron chi connectivity index (χ1n) is 8.20. The van der Waals surface area contributed by atoms with Crippen LogP contribution in [-0.4, -0.2) is 61.4 Å². The lowest BCUT2D eigenvalue weighted by molar-refractivity contribution is 0.0658. The quantitative estimate of drug-likeness (QED) is 0.359. The van der Waals surface area contributed by atoms with Crippen molar-refractivity contribution >= 4 is 63.1 Å². The standard InChI is InChI=1S/C17H21BrN4O2S.HI/c1-19-17(20-7-6-13-4-5-15(18)25-13)22-10-8-21(9-11-22)16(23)14-3-2-12-24-14;/h2-5,12H,6-11H2,1H3,(H,19,20);1H. The maximum absolute atomic E-state index is 12.3. The van der Waals surface area contributed by atoms with Gasteiger partial charge in [0.1, 0.15) is 0 Å². The summed E-state index contributed by atoms with van der Waals surface area (Å²) in [6.45, 7) is 3.69. The average Bonchev–Trinajstić information content (AvgIpc) is 3.30. The Balaban J connectivity index is 0.00000243. The average molecular weight is 553 g/mol. The number of thiophene rings is 1. The number of rotatable bonds is 4. The second-order valence-electron chi connectivity index (χ2n) is 5.69. The molecule has 1 N–H and O–H groups in total. The number of piperazine rings is 1. The minimum Gasteiger partial charge on any atom is -0.459 e. The molecule has 1 aliphatic heterocycles. The van der Waals surface area contributed by atoms with E-state index < -0.39 is 0 Å². The maximum Gasteiger partial charge on any atom is 0.289 e. The minimum absolute atomic E-state index is 0. The van der Waals surface area contributed by atoms with E-state index in [2.05, 4.69) is 43.3 Å². The first-order chi connectivity index (χ1) is 12.2. The zero-order valence-electron chi connectivity index (χ0n) is 14.5. The smallest absolute Gasteiger partial charge is 0.289 e. The Morgan fingerprint density at radius 2 is 2.00 bits per heavy atom. The van der Waals surface area contributed by atoms with Crippen LogP contribution < -0.4 is 5.32 Å². The molecule has 0 bridgehead atoms. The second-order valence-corrected chi connectivity index (χ2v) is 8.23. The van der Waals surface area contributed by atoms with E-state index in [1.54, 1.807) is 30.5 Å². The number of aliphatic imine (C=N–C) groups is 1. The van der Waals surface area contributed by atoms with Crippen molar-refractivity contribution in [2.45, 2.75) is 6.42 Å². The summed E-state index contributed by atoms with van der Waals surface area (Å²) in [5.74, 6) is 1.25. The fourth-order valence-electron chi connectivity index (χ4n) is 2.79. The molecule has 6 nitrogen and oxygen atoms in total. The van der Waals surface area contributed by atoms with E-state index in [1.807, 2.05) is 4.90 Å². The molecule has 0 unspecified atom stereocenters. The lowest BCUT2D eigenvalue weighted by Crippen LogP contribution is -2.53. The summed E-state index contributed by atoms with van der Waals surface area (Å²) in [7, 11) is 1.80. The van der Waals surface area contributed by atoms with Crippen LogP contribution in [0.25, 0.3) is 0 Å². The van der Waals surface area contributed by atoms with Crippen molar-refractivity contribution in [2.75, 3.05) is 39.8 Å². The third-order valence-corrected chi connectivity index (χ3v) is 5.78. The Morgan fingerprint density at radius 3 is 2.58 bits per heavy atom. The molecule has 0 radical (unpaired) electrons. The van der Waals surface area contributed by atoms with E-state index in [4.69, 9.17) is 4.42 Å². The Morgan fingerprint density at radius 1 is 1.27 bits per heavy atom. The molecule has 2 aromatic rings. The van der Waals surface area contributed by atoms with E-state index in [-0.39, 0.29) is 29.9 Å². The number of furan rings is 1. The van der Waals surface area contributed by atoms with Crippen molar-refractivity contribution in [1.82, 2.24) is 15.1 Å². The molecule has 2 aromatic heterocycles. The molecule has 1 aliphatic rings. The first-order valence-corrected chi connectivity index (χ1v) is 9.81. The van der Waals surface area contributed by atoms with Crippen molar-refractivity contribution in [3.8, 4) is 0 Å². The van der Waals surface area contributed by atoms with Gasteiger partial charge in [-0.15, -0.1) is 35.3 Å². The molecule has 9 heteroatoms. The van der Waals surface area contributed by atoms with Crippen LogP contribution in [0.3, 0.4) is 0 Å². The minimum atomic E-state index is -0.0455.